The zero-order valence-electron chi connectivity index (χ0n) is 12.0. The lowest BCUT2D eigenvalue weighted by atomic mass is 10.2. The van der Waals surface area contributed by atoms with Crippen molar-refractivity contribution in [2.24, 2.45) is 0 Å². The first-order chi connectivity index (χ1) is 10.2. The monoisotopic (exact) mass is 350 g/mol. The van der Waals surface area contributed by atoms with Gasteiger partial charge in [0, 0.05) is 24.4 Å². The highest BCUT2D eigenvalue weighted by Crippen LogP contribution is 2.29. The van der Waals surface area contributed by atoms with Gasteiger partial charge in [0.1, 0.15) is 12.4 Å². The maximum absolute atomic E-state index is 11.6. The lowest BCUT2D eigenvalue weighted by Gasteiger charge is -2.14. The zero-order valence-corrected chi connectivity index (χ0v) is 13.6. The first-order valence-corrected chi connectivity index (χ1v) is 7.78. The summed E-state index contributed by atoms with van der Waals surface area (Å²) in [5.41, 5.74) is 1.09. The van der Waals surface area contributed by atoms with Crippen LogP contribution in [0.25, 0.3) is 0 Å². The number of rotatable bonds is 7. The standard InChI is InChI=1S/C16H19BrN2O2/c1-2-18-12-13-6-5-7-14(17)16(13)21-11-10-19-9-4-3-8-15(19)20/h3-9,18H,2,10-12H2,1H3. The molecule has 0 saturated heterocycles. The van der Waals surface area contributed by atoms with Crippen molar-refractivity contribution >= 4 is 15.9 Å². The van der Waals surface area contributed by atoms with E-state index in [-0.39, 0.29) is 5.56 Å². The van der Waals surface area contributed by atoms with Crippen LogP contribution < -0.4 is 15.6 Å². The molecule has 0 aliphatic carbocycles. The fourth-order valence-electron chi connectivity index (χ4n) is 2.01. The van der Waals surface area contributed by atoms with Crippen LogP contribution in [0.4, 0.5) is 0 Å². The molecule has 0 fully saturated rings. The summed E-state index contributed by atoms with van der Waals surface area (Å²) in [7, 11) is 0. The molecule has 0 amide bonds. The van der Waals surface area contributed by atoms with Crippen LogP contribution in [-0.2, 0) is 13.1 Å². The molecule has 1 heterocycles. The molecular weight excluding hydrogens is 332 g/mol. The summed E-state index contributed by atoms with van der Waals surface area (Å²) in [6.07, 6.45) is 1.77. The van der Waals surface area contributed by atoms with E-state index < -0.39 is 0 Å². The first kappa shape index (κ1) is 15.8. The van der Waals surface area contributed by atoms with Crippen LogP contribution >= 0.6 is 15.9 Å². The van der Waals surface area contributed by atoms with Crippen LogP contribution in [0.15, 0.2) is 51.9 Å². The molecule has 0 atom stereocenters. The summed E-state index contributed by atoms with van der Waals surface area (Å²) in [6.45, 7) is 4.72. The Morgan fingerprint density at radius 2 is 2.10 bits per heavy atom. The number of hydrogen-bond acceptors (Lipinski definition) is 3. The van der Waals surface area contributed by atoms with E-state index in [9.17, 15) is 4.79 Å². The molecule has 0 bridgehead atoms. The Morgan fingerprint density at radius 3 is 2.86 bits per heavy atom. The lowest BCUT2D eigenvalue weighted by molar-refractivity contribution is 0.291. The molecular formula is C16H19BrN2O2. The van der Waals surface area contributed by atoms with Gasteiger partial charge in [-0.3, -0.25) is 4.79 Å². The van der Waals surface area contributed by atoms with Gasteiger partial charge in [-0.2, -0.15) is 0 Å². The van der Waals surface area contributed by atoms with Gasteiger partial charge in [0.05, 0.1) is 11.0 Å². The van der Waals surface area contributed by atoms with E-state index in [1.54, 1.807) is 22.9 Å². The molecule has 1 N–H and O–H groups in total. The predicted octanol–water partition coefficient (Wildman–Crippen LogP) is 2.80. The number of nitrogens with one attached hydrogen (secondary N) is 1. The number of halogens is 1. The fourth-order valence-corrected chi connectivity index (χ4v) is 2.53. The van der Waals surface area contributed by atoms with Gasteiger partial charge in [-0.25, -0.2) is 0 Å². The second kappa shape index (κ2) is 8.00. The number of hydrogen-bond donors (Lipinski definition) is 1. The lowest BCUT2D eigenvalue weighted by Crippen LogP contribution is -2.21. The zero-order chi connectivity index (χ0) is 15.1. The summed E-state index contributed by atoms with van der Waals surface area (Å²) in [5.74, 6) is 0.836. The minimum Gasteiger partial charge on any atom is -0.490 e. The van der Waals surface area contributed by atoms with Crippen LogP contribution in [0.3, 0.4) is 0 Å². The molecule has 0 unspecified atom stereocenters. The molecule has 0 aliphatic rings. The molecule has 2 rings (SSSR count). The predicted molar refractivity (Wildman–Crippen MR) is 87.7 cm³/mol. The summed E-state index contributed by atoms with van der Waals surface area (Å²) in [6, 6.07) is 11.1. The average molecular weight is 351 g/mol. The van der Waals surface area contributed by atoms with Crippen LogP contribution in [-0.4, -0.2) is 17.7 Å². The second-order valence-electron chi connectivity index (χ2n) is 4.59. The molecule has 4 nitrogen and oxygen atoms in total. The molecule has 21 heavy (non-hydrogen) atoms. The molecule has 0 radical (unpaired) electrons. The van der Waals surface area contributed by atoms with E-state index in [1.165, 1.54) is 0 Å². The van der Waals surface area contributed by atoms with Crippen molar-refractivity contribution in [2.75, 3.05) is 13.2 Å². The van der Waals surface area contributed by atoms with Gasteiger partial charge in [0.25, 0.3) is 5.56 Å². The van der Waals surface area contributed by atoms with E-state index in [0.717, 1.165) is 28.9 Å². The number of nitrogens with zero attached hydrogens (tertiary/aromatic N) is 1. The molecule has 2 aromatic rings. The Balaban J connectivity index is 2.02. The van der Waals surface area contributed by atoms with E-state index in [4.69, 9.17) is 4.74 Å². The van der Waals surface area contributed by atoms with Crippen molar-refractivity contribution in [2.45, 2.75) is 20.0 Å². The Labute approximate surface area is 132 Å². The second-order valence-corrected chi connectivity index (χ2v) is 5.44. The molecule has 1 aromatic heterocycles. The maximum Gasteiger partial charge on any atom is 0.250 e. The fraction of sp³-hybridized carbons (Fsp3) is 0.312. The van der Waals surface area contributed by atoms with Crippen molar-refractivity contribution < 1.29 is 4.74 Å². The highest BCUT2D eigenvalue weighted by Gasteiger charge is 2.07. The molecule has 5 heteroatoms. The first-order valence-electron chi connectivity index (χ1n) is 6.98. The normalized spacial score (nSPS) is 10.6. The highest BCUT2D eigenvalue weighted by atomic mass is 79.9. The maximum atomic E-state index is 11.6. The molecule has 1 aromatic carbocycles. The largest absolute Gasteiger partial charge is 0.490 e. The van der Waals surface area contributed by atoms with Gasteiger partial charge in [-0.15, -0.1) is 0 Å². The van der Waals surface area contributed by atoms with Gasteiger partial charge < -0.3 is 14.6 Å². The molecule has 0 saturated carbocycles. The molecule has 0 spiro atoms. The number of pyridine rings is 1. The third-order valence-corrected chi connectivity index (χ3v) is 3.72. The SMILES string of the molecule is CCNCc1cccc(Br)c1OCCn1ccccc1=O. The molecule has 0 aliphatic heterocycles. The van der Waals surface area contributed by atoms with Crippen molar-refractivity contribution in [3.05, 3.63) is 63.0 Å². The van der Waals surface area contributed by atoms with Crippen LogP contribution in [0.2, 0.25) is 0 Å². The van der Waals surface area contributed by atoms with Gasteiger partial charge >= 0.3 is 0 Å². The van der Waals surface area contributed by atoms with Gasteiger partial charge in [0.15, 0.2) is 0 Å². The van der Waals surface area contributed by atoms with Crippen LogP contribution in [0, 0.1) is 0 Å². The topological polar surface area (TPSA) is 43.3 Å². The number of aromatic nitrogens is 1. The Hall–Kier alpha value is -1.59. The third-order valence-electron chi connectivity index (χ3n) is 3.09. The summed E-state index contributed by atoms with van der Waals surface area (Å²) >= 11 is 3.52. The third kappa shape index (κ3) is 4.44. The Bertz CT molecular complexity index is 640. The highest BCUT2D eigenvalue weighted by molar-refractivity contribution is 9.10. The summed E-state index contributed by atoms with van der Waals surface area (Å²) < 4.78 is 8.45. The summed E-state index contributed by atoms with van der Waals surface area (Å²) in [4.78, 5) is 11.6. The van der Waals surface area contributed by atoms with Gasteiger partial charge in [-0.1, -0.05) is 25.1 Å². The minimum atomic E-state index is -0.0129. The van der Waals surface area contributed by atoms with Gasteiger partial charge in [0.2, 0.25) is 0 Å². The summed E-state index contributed by atoms with van der Waals surface area (Å²) in [5, 5.41) is 3.29. The number of ether oxygens (including phenoxy) is 1. The molecule has 112 valence electrons. The van der Waals surface area contributed by atoms with Crippen LogP contribution in [0.5, 0.6) is 5.75 Å². The van der Waals surface area contributed by atoms with E-state index in [2.05, 4.69) is 28.2 Å². The smallest absolute Gasteiger partial charge is 0.250 e. The van der Waals surface area contributed by atoms with Crippen molar-refractivity contribution in [1.82, 2.24) is 9.88 Å². The van der Waals surface area contributed by atoms with Gasteiger partial charge in [-0.05, 0) is 34.6 Å². The number of benzene rings is 1. The Kier molecular flexibility index (Phi) is 6.02. The van der Waals surface area contributed by atoms with E-state index in [1.807, 2.05) is 24.3 Å². The van der Waals surface area contributed by atoms with Crippen molar-refractivity contribution in [3.8, 4) is 5.75 Å². The Morgan fingerprint density at radius 1 is 1.24 bits per heavy atom. The quantitative estimate of drug-likeness (QED) is 0.834. The van der Waals surface area contributed by atoms with E-state index in [0.29, 0.717) is 13.2 Å². The van der Waals surface area contributed by atoms with Crippen molar-refractivity contribution in [3.63, 3.8) is 0 Å². The van der Waals surface area contributed by atoms with E-state index >= 15 is 0 Å². The van der Waals surface area contributed by atoms with Crippen molar-refractivity contribution in [1.29, 1.82) is 0 Å². The average Bonchev–Trinajstić information content (AvgIpc) is 2.49. The van der Waals surface area contributed by atoms with Crippen LogP contribution in [0.1, 0.15) is 12.5 Å². The number of para-hydroxylation sites is 1. The minimum absolute atomic E-state index is 0.0129.